The summed E-state index contributed by atoms with van der Waals surface area (Å²) in [5, 5.41) is 3.39. The van der Waals surface area contributed by atoms with Gasteiger partial charge in [0.2, 0.25) is 0 Å². The Morgan fingerprint density at radius 3 is 2.42 bits per heavy atom. The molecule has 2 aromatic carbocycles. The molecule has 0 aliphatic carbocycles. The molecule has 0 amide bonds. The Morgan fingerprint density at radius 1 is 0.958 bits per heavy atom. The number of nitrogen functional groups attached to an aromatic ring is 2. The van der Waals surface area contributed by atoms with Crippen LogP contribution >= 0.6 is 0 Å². The van der Waals surface area contributed by atoms with E-state index in [1.54, 1.807) is 18.2 Å². The highest BCUT2D eigenvalue weighted by Gasteiger charge is 2.13. The van der Waals surface area contributed by atoms with Crippen LogP contribution in [0.25, 0.3) is 0 Å². The minimum atomic E-state index is 0.518. The molecule has 5 N–H and O–H groups in total. The van der Waals surface area contributed by atoms with Crippen LogP contribution in [0, 0.1) is 5.92 Å². The highest BCUT2D eigenvalue weighted by molar-refractivity contribution is 5.65. The summed E-state index contributed by atoms with van der Waals surface area (Å²) < 4.78 is 11.6. The van der Waals surface area contributed by atoms with Crippen LogP contribution in [0.5, 0.6) is 17.2 Å². The summed E-state index contributed by atoms with van der Waals surface area (Å²) in [6.07, 6.45) is 3.61. The van der Waals surface area contributed by atoms with Gasteiger partial charge in [-0.3, -0.25) is 0 Å². The zero-order valence-electron chi connectivity index (χ0n) is 13.8. The van der Waals surface area contributed by atoms with Crippen LogP contribution in [0.1, 0.15) is 19.3 Å². The van der Waals surface area contributed by atoms with Crippen molar-refractivity contribution in [3.05, 3.63) is 42.5 Å². The first kappa shape index (κ1) is 16.5. The molecule has 1 saturated heterocycles. The van der Waals surface area contributed by atoms with E-state index in [0.29, 0.717) is 17.1 Å². The number of hydrogen-bond donors (Lipinski definition) is 3. The van der Waals surface area contributed by atoms with Crippen LogP contribution in [0.2, 0.25) is 0 Å². The van der Waals surface area contributed by atoms with Gasteiger partial charge in [-0.1, -0.05) is 0 Å². The number of benzene rings is 2. The van der Waals surface area contributed by atoms with Crippen molar-refractivity contribution in [3.63, 3.8) is 0 Å². The van der Waals surface area contributed by atoms with Crippen LogP contribution in [0.3, 0.4) is 0 Å². The van der Waals surface area contributed by atoms with Crippen molar-refractivity contribution >= 4 is 11.4 Å². The summed E-state index contributed by atoms with van der Waals surface area (Å²) in [6.45, 7) is 3.07. The van der Waals surface area contributed by atoms with Crippen LogP contribution in [-0.4, -0.2) is 19.7 Å². The Balaban J connectivity index is 1.45. The first-order valence-electron chi connectivity index (χ1n) is 8.47. The maximum Gasteiger partial charge on any atom is 0.129 e. The monoisotopic (exact) mass is 327 g/mol. The van der Waals surface area contributed by atoms with E-state index in [4.69, 9.17) is 20.9 Å². The molecule has 128 valence electrons. The summed E-state index contributed by atoms with van der Waals surface area (Å²) >= 11 is 0. The summed E-state index contributed by atoms with van der Waals surface area (Å²) in [4.78, 5) is 0. The average molecular weight is 327 g/mol. The summed E-state index contributed by atoms with van der Waals surface area (Å²) in [5.41, 5.74) is 12.6. The zero-order chi connectivity index (χ0) is 16.8. The van der Waals surface area contributed by atoms with Gasteiger partial charge in [0.1, 0.15) is 17.2 Å². The molecule has 1 aliphatic heterocycles. The van der Waals surface area contributed by atoms with E-state index in [-0.39, 0.29) is 0 Å². The molecule has 5 heteroatoms. The molecule has 1 unspecified atom stereocenters. The van der Waals surface area contributed by atoms with Gasteiger partial charge in [-0.05, 0) is 74.7 Å². The second-order valence-electron chi connectivity index (χ2n) is 6.21. The molecule has 0 spiro atoms. The quantitative estimate of drug-likeness (QED) is 0.536. The van der Waals surface area contributed by atoms with E-state index in [1.807, 2.05) is 24.3 Å². The van der Waals surface area contributed by atoms with E-state index in [0.717, 1.165) is 43.5 Å². The lowest BCUT2D eigenvalue weighted by molar-refractivity contribution is 0.294. The first-order valence-corrected chi connectivity index (χ1v) is 8.47. The van der Waals surface area contributed by atoms with Gasteiger partial charge >= 0.3 is 0 Å². The number of hydrogen-bond acceptors (Lipinski definition) is 5. The lowest BCUT2D eigenvalue weighted by Gasteiger charge is -2.11. The van der Waals surface area contributed by atoms with E-state index in [2.05, 4.69) is 5.32 Å². The van der Waals surface area contributed by atoms with E-state index < -0.39 is 0 Å². The van der Waals surface area contributed by atoms with Crippen molar-refractivity contribution in [1.82, 2.24) is 5.32 Å². The van der Waals surface area contributed by atoms with Crippen LogP contribution < -0.4 is 26.3 Å². The molecular weight excluding hydrogens is 302 g/mol. The van der Waals surface area contributed by atoms with Gasteiger partial charge in [0.15, 0.2) is 0 Å². The molecule has 1 fully saturated rings. The van der Waals surface area contributed by atoms with Gasteiger partial charge in [0.05, 0.1) is 18.0 Å². The standard InChI is InChI=1S/C19H25N3O2/c20-18-8-7-17(12-19(18)21)24-16-5-3-15(4-6-16)23-11-1-2-14-9-10-22-13-14/h3-8,12,14,22H,1-2,9-11,13,20-21H2. The molecule has 3 rings (SSSR count). The highest BCUT2D eigenvalue weighted by atomic mass is 16.5. The van der Waals surface area contributed by atoms with Gasteiger partial charge in [-0.25, -0.2) is 0 Å². The Hall–Kier alpha value is -2.40. The van der Waals surface area contributed by atoms with Gasteiger partial charge in [-0.2, -0.15) is 0 Å². The third-order valence-corrected chi connectivity index (χ3v) is 4.31. The van der Waals surface area contributed by atoms with Crippen molar-refractivity contribution in [3.8, 4) is 17.2 Å². The largest absolute Gasteiger partial charge is 0.494 e. The van der Waals surface area contributed by atoms with Crippen LogP contribution in [0.15, 0.2) is 42.5 Å². The fourth-order valence-electron chi connectivity index (χ4n) is 2.88. The van der Waals surface area contributed by atoms with Gasteiger partial charge < -0.3 is 26.3 Å². The average Bonchev–Trinajstić information content (AvgIpc) is 3.10. The molecule has 1 aliphatic rings. The topological polar surface area (TPSA) is 82.5 Å². The number of anilines is 2. The SMILES string of the molecule is Nc1ccc(Oc2ccc(OCCCC3CCNC3)cc2)cc1N. The van der Waals surface area contributed by atoms with Crippen molar-refractivity contribution < 1.29 is 9.47 Å². The van der Waals surface area contributed by atoms with E-state index in [9.17, 15) is 0 Å². The van der Waals surface area contributed by atoms with E-state index >= 15 is 0 Å². The molecule has 1 heterocycles. The molecule has 1 atom stereocenters. The van der Waals surface area contributed by atoms with Crippen molar-refractivity contribution in [2.75, 3.05) is 31.2 Å². The van der Waals surface area contributed by atoms with Gasteiger partial charge in [0, 0.05) is 6.07 Å². The van der Waals surface area contributed by atoms with Crippen molar-refractivity contribution in [2.45, 2.75) is 19.3 Å². The number of nitrogens with two attached hydrogens (primary N) is 2. The summed E-state index contributed by atoms with van der Waals surface area (Å²) in [6, 6.07) is 12.9. The third-order valence-electron chi connectivity index (χ3n) is 4.31. The van der Waals surface area contributed by atoms with Crippen LogP contribution in [-0.2, 0) is 0 Å². The molecule has 0 radical (unpaired) electrons. The van der Waals surface area contributed by atoms with Gasteiger partial charge in [0.25, 0.3) is 0 Å². The smallest absolute Gasteiger partial charge is 0.129 e. The fourth-order valence-corrected chi connectivity index (χ4v) is 2.88. The number of nitrogens with one attached hydrogen (secondary N) is 1. The molecule has 5 nitrogen and oxygen atoms in total. The predicted octanol–water partition coefficient (Wildman–Crippen LogP) is 3.41. The molecule has 0 aromatic heterocycles. The highest BCUT2D eigenvalue weighted by Crippen LogP contribution is 2.27. The number of rotatable bonds is 7. The Kier molecular flexibility index (Phi) is 5.43. The summed E-state index contributed by atoms with van der Waals surface area (Å²) in [7, 11) is 0. The predicted molar refractivity (Wildman–Crippen MR) is 97.5 cm³/mol. The van der Waals surface area contributed by atoms with Crippen LogP contribution in [0.4, 0.5) is 11.4 Å². The maximum atomic E-state index is 5.79. The first-order chi connectivity index (χ1) is 11.7. The molecule has 2 aromatic rings. The second kappa shape index (κ2) is 7.93. The van der Waals surface area contributed by atoms with Crippen molar-refractivity contribution in [1.29, 1.82) is 0 Å². The molecular formula is C19H25N3O2. The van der Waals surface area contributed by atoms with E-state index in [1.165, 1.54) is 12.8 Å². The Bertz CT molecular complexity index is 652. The molecule has 0 bridgehead atoms. The lowest BCUT2D eigenvalue weighted by atomic mass is 10.0. The molecule has 24 heavy (non-hydrogen) atoms. The Morgan fingerprint density at radius 2 is 1.71 bits per heavy atom. The summed E-state index contributed by atoms with van der Waals surface area (Å²) in [5.74, 6) is 3.09. The fraction of sp³-hybridized carbons (Fsp3) is 0.368. The normalized spacial score (nSPS) is 16.9. The number of ether oxygens (including phenoxy) is 2. The minimum Gasteiger partial charge on any atom is -0.494 e. The Labute approximate surface area is 142 Å². The second-order valence-corrected chi connectivity index (χ2v) is 6.21. The lowest BCUT2D eigenvalue weighted by Crippen LogP contribution is -2.09. The molecule has 0 saturated carbocycles. The third kappa shape index (κ3) is 4.55. The minimum absolute atomic E-state index is 0.518. The van der Waals surface area contributed by atoms with Gasteiger partial charge in [-0.15, -0.1) is 0 Å². The van der Waals surface area contributed by atoms with Crippen molar-refractivity contribution in [2.24, 2.45) is 5.92 Å². The maximum absolute atomic E-state index is 5.79. The zero-order valence-corrected chi connectivity index (χ0v) is 13.8.